The molecule has 0 bridgehead atoms. The fourth-order valence-corrected chi connectivity index (χ4v) is 4.99. The molecule has 3 nitrogen and oxygen atoms in total. The van der Waals surface area contributed by atoms with Crippen molar-refractivity contribution in [3.8, 4) is 11.1 Å². The third-order valence-corrected chi connectivity index (χ3v) is 6.51. The molecule has 1 heterocycles. The Morgan fingerprint density at radius 3 is 2.10 bits per heavy atom. The van der Waals surface area contributed by atoms with Crippen LogP contribution in [-0.4, -0.2) is 37.4 Å². The van der Waals surface area contributed by atoms with Crippen molar-refractivity contribution in [2.75, 3.05) is 26.2 Å². The molecule has 0 amide bonds. The zero-order chi connectivity index (χ0) is 19.8. The number of piperazine rings is 1. The van der Waals surface area contributed by atoms with Crippen molar-refractivity contribution in [2.45, 2.75) is 6.04 Å². The summed E-state index contributed by atoms with van der Waals surface area (Å²) in [5, 5.41) is 8.07. The van der Waals surface area contributed by atoms with Crippen molar-refractivity contribution in [3.63, 3.8) is 0 Å². The largest absolute Gasteiger partial charge is 0.322 e. The number of nitrogens with zero attached hydrogens (tertiary/aromatic N) is 2. The second-order valence-electron chi connectivity index (χ2n) is 7.63. The molecule has 0 saturated carbocycles. The van der Waals surface area contributed by atoms with Gasteiger partial charge in [0.2, 0.25) is 0 Å². The summed E-state index contributed by atoms with van der Waals surface area (Å²) in [4.78, 5) is 1.61. The van der Waals surface area contributed by atoms with E-state index in [1.807, 2.05) is 18.3 Å². The number of halogens is 2. The lowest BCUT2D eigenvalue weighted by molar-refractivity contribution is -0.929. The van der Waals surface area contributed by atoms with Crippen molar-refractivity contribution in [1.29, 1.82) is 0 Å². The Labute approximate surface area is 181 Å². The Kier molecular flexibility index (Phi) is 5.04. The molecule has 1 fully saturated rings. The predicted molar refractivity (Wildman–Crippen MR) is 120 cm³/mol. The van der Waals surface area contributed by atoms with E-state index in [-0.39, 0.29) is 0 Å². The monoisotopic (exact) mass is 422 g/mol. The highest BCUT2D eigenvalue weighted by atomic mass is 35.5. The SMILES string of the molecule is Clc1ccc(/C=N\N2CC[NH+](C3c4ccccc4-c4ccccc43)CC2)c(Cl)c1. The summed E-state index contributed by atoms with van der Waals surface area (Å²) in [6, 6.07) is 23.6. The van der Waals surface area contributed by atoms with Crippen molar-refractivity contribution in [3.05, 3.63) is 93.5 Å². The number of hydrazone groups is 1. The number of benzene rings is 3. The van der Waals surface area contributed by atoms with Gasteiger partial charge in [0.05, 0.1) is 37.4 Å². The average Bonchev–Trinajstić information content (AvgIpc) is 3.08. The maximum Gasteiger partial charge on any atom is 0.140 e. The number of hydrogen-bond donors (Lipinski definition) is 1. The Morgan fingerprint density at radius 2 is 1.48 bits per heavy atom. The van der Waals surface area contributed by atoms with E-state index in [9.17, 15) is 0 Å². The molecule has 0 spiro atoms. The average molecular weight is 423 g/mol. The van der Waals surface area contributed by atoms with Crippen LogP contribution in [0.2, 0.25) is 10.0 Å². The maximum absolute atomic E-state index is 6.25. The first-order valence-electron chi connectivity index (χ1n) is 9.97. The molecule has 0 aromatic heterocycles. The van der Waals surface area contributed by atoms with Crippen LogP contribution in [0.4, 0.5) is 0 Å². The fourth-order valence-electron chi connectivity index (χ4n) is 4.53. The normalized spacial score (nSPS) is 17.0. The second kappa shape index (κ2) is 7.83. The number of hydrogen-bond acceptors (Lipinski definition) is 2. The zero-order valence-electron chi connectivity index (χ0n) is 16.0. The highest BCUT2D eigenvalue weighted by Crippen LogP contribution is 2.41. The summed E-state index contributed by atoms with van der Waals surface area (Å²) < 4.78 is 0. The Morgan fingerprint density at radius 1 is 0.862 bits per heavy atom. The van der Waals surface area contributed by atoms with Crippen LogP contribution in [0.5, 0.6) is 0 Å². The molecule has 1 aliphatic carbocycles. The van der Waals surface area contributed by atoms with Gasteiger partial charge in [0.25, 0.3) is 0 Å². The van der Waals surface area contributed by atoms with E-state index in [2.05, 4.69) is 58.6 Å². The number of fused-ring (bicyclic) bond motifs is 3. The molecule has 0 unspecified atom stereocenters. The summed E-state index contributed by atoms with van der Waals surface area (Å²) in [5.41, 5.74) is 6.57. The Hall–Kier alpha value is -2.33. The first-order chi connectivity index (χ1) is 14.2. The van der Waals surface area contributed by atoms with E-state index in [0.29, 0.717) is 16.1 Å². The lowest BCUT2D eigenvalue weighted by Gasteiger charge is -2.34. The minimum Gasteiger partial charge on any atom is -0.322 e. The molecular weight excluding hydrogens is 401 g/mol. The van der Waals surface area contributed by atoms with Crippen molar-refractivity contribution >= 4 is 29.4 Å². The van der Waals surface area contributed by atoms with Gasteiger partial charge < -0.3 is 4.90 Å². The highest BCUT2D eigenvalue weighted by Gasteiger charge is 2.37. The predicted octanol–water partition coefficient (Wildman–Crippen LogP) is 4.30. The third kappa shape index (κ3) is 3.55. The van der Waals surface area contributed by atoms with Gasteiger partial charge in [0.15, 0.2) is 0 Å². The van der Waals surface area contributed by atoms with Gasteiger partial charge in [-0.1, -0.05) is 77.8 Å². The quantitative estimate of drug-likeness (QED) is 0.623. The van der Waals surface area contributed by atoms with Crippen LogP contribution in [0, 0.1) is 0 Å². The second-order valence-corrected chi connectivity index (χ2v) is 8.47. The van der Waals surface area contributed by atoms with Crippen LogP contribution in [-0.2, 0) is 0 Å². The van der Waals surface area contributed by atoms with Gasteiger partial charge >= 0.3 is 0 Å². The minimum absolute atomic E-state index is 0.416. The maximum atomic E-state index is 6.25. The van der Waals surface area contributed by atoms with Crippen LogP contribution in [0.25, 0.3) is 11.1 Å². The molecule has 2 aliphatic rings. The Bertz CT molecular complexity index is 1030. The minimum atomic E-state index is 0.416. The first kappa shape index (κ1) is 18.7. The van der Waals surface area contributed by atoms with Gasteiger partial charge in [-0.05, 0) is 23.3 Å². The molecule has 0 atom stereocenters. The van der Waals surface area contributed by atoms with Crippen molar-refractivity contribution < 1.29 is 4.90 Å². The molecule has 3 aromatic rings. The van der Waals surface area contributed by atoms with Gasteiger partial charge in [-0.2, -0.15) is 5.10 Å². The lowest BCUT2D eigenvalue weighted by Crippen LogP contribution is -3.14. The van der Waals surface area contributed by atoms with Crippen LogP contribution in [0.15, 0.2) is 71.8 Å². The number of quaternary nitrogens is 1. The van der Waals surface area contributed by atoms with E-state index in [1.54, 1.807) is 11.0 Å². The van der Waals surface area contributed by atoms with Gasteiger partial charge in [-0.3, -0.25) is 5.01 Å². The number of rotatable bonds is 3. The molecule has 5 rings (SSSR count). The molecule has 3 aromatic carbocycles. The van der Waals surface area contributed by atoms with E-state index in [1.165, 1.54) is 22.3 Å². The number of nitrogens with one attached hydrogen (secondary N) is 1. The van der Waals surface area contributed by atoms with Crippen molar-refractivity contribution in [2.24, 2.45) is 5.10 Å². The lowest BCUT2D eigenvalue weighted by atomic mass is 10.0. The fraction of sp³-hybridized carbons (Fsp3) is 0.208. The van der Waals surface area contributed by atoms with Gasteiger partial charge in [-0.25, -0.2) is 0 Å². The van der Waals surface area contributed by atoms with E-state index in [4.69, 9.17) is 23.2 Å². The van der Waals surface area contributed by atoms with Gasteiger partial charge in [-0.15, -0.1) is 0 Å². The zero-order valence-corrected chi connectivity index (χ0v) is 17.5. The molecule has 5 heteroatoms. The standard InChI is InChI=1S/C24H21Cl2N3/c25-18-10-9-17(23(26)15-18)16-27-29-13-11-28(12-14-29)24-21-7-3-1-5-19(21)20-6-2-4-8-22(20)24/h1-10,15-16,24H,11-14H2/p+1/b27-16-. The van der Waals surface area contributed by atoms with Gasteiger partial charge in [0, 0.05) is 21.7 Å². The summed E-state index contributed by atoms with van der Waals surface area (Å²) in [6.07, 6.45) is 1.84. The Balaban J connectivity index is 1.32. The summed E-state index contributed by atoms with van der Waals surface area (Å²) in [6.45, 7) is 3.97. The molecule has 29 heavy (non-hydrogen) atoms. The summed E-state index contributed by atoms with van der Waals surface area (Å²) >= 11 is 12.2. The van der Waals surface area contributed by atoms with Crippen LogP contribution in [0.3, 0.4) is 0 Å². The smallest absolute Gasteiger partial charge is 0.140 e. The summed E-state index contributed by atoms with van der Waals surface area (Å²) in [7, 11) is 0. The van der Waals surface area contributed by atoms with E-state index in [0.717, 1.165) is 31.7 Å². The van der Waals surface area contributed by atoms with Crippen LogP contribution >= 0.6 is 23.2 Å². The highest BCUT2D eigenvalue weighted by molar-refractivity contribution is 6.36. The molecule has 1 N–H and O–H groups in total. The molecule has 146 valence electrons. The van der Waals surface area contributed by atoms with Gasteiger partial charge in [0.1, 0.15) is 6.04 Å². The van der Waals surface area contributed by atoms with E-state index < -0.39 is 0 Å². The summed E-state index contributed by atoms with van der Waals surface area (Å²) in [5.74, 6) is 0. The third-order valence-electron chi connectivity index (χ3n) is 5.95. The first-order valence-corrected chi connectivity index (χ1v) is 10.7. The molecule has 0 radical (unpaired) electrons. The molecule has 1 saturated heterocycles. The van der Waals surface area contributed by atoms with E-state index >= 15 is 0 Å². The topological polar surface area (TPSA) is 20.0 Å². The molecule has 1 aliphatic heterocycles. The molecular formula is C24H22Cl2N3+. The van der Waals surface area contributed by atoms with Crippen LogP contribution in [0.1, 0.15) is 22.7 Å². The van der Waals surface area contributed by atoms with Crippen LogP contribution < -0.4 is 4.90 Å². The van der Waals surface area contributed by atoms with Crippen molar-refractivity contribution in [1.82, 2.24) is 5.01 Å².